The SMILES string of the molecule is CC(O)c1cccc(NC(=O)NC2CCN(C3CC3)C2)c1. The number of benzene rings is 1. The second kappa shape index (κ2) is 6.03. The second-order valence-corrected chi connectivity index (χ2v) is 6.11. The van der Waals surface area contributed by atoms with E-state index in [0.29, 0.717) is 5.69 Å². The summed E-state index contributed by atoms with van der Waals surface area (Å²) >= 11 is 0. The van der Waals surface area contributed by atoms with Crippen LogP contribution in [0.1, 0.15) is 37.9 Å². The van der Waals surface area contributed by atoms with Gasteiger partial charge in [-0.3, -0.25) is 4.90 Å². The second-order valence-electron chi connectivity index (χ2n) is 6.11. The number of aliphatic hydroxyl groups is 1. The van der Waals surface area contributed by atoms with E-state index in [-0.39, 0.29) is 12.1 Å². The van der Waals surface area contributed by atoms with Crippen molar-refractivity contribution in [2.75, 3.05) is 18.4 Å². The fourth-order valence-electron chi connectivity index (χ4n) is 2.91. The van der Waals surface area contributed by atoms with Gasteiger partial charge in [0.25, 0.3) is 0 Å². The summed E-state index contributed by atoms with van der Waals surface area (Å²) in [7, 11) is 0. The quantitative estimate of drug-likeness (QED) is 0.795. The molecule has 2 amide bonds. The van der Waals surface area contributed by atoms with E-state index in [4.69, 9.17) is 0 Å². The summed E-state index contributed by atoms with van der Waals surface area (Å²) in [6.45, 7) is 3.77. The van der Waals surface area contributed by atoms with Crippen LogP contribution in [0.2, 0.25) is 0 Å². The topological polar surface area (TPSA) is 64.6 Å². The molecule has 2 atom stereocenters. The molecule has 3 N–H and O–H groups in total. The molecule has 1 aliphatic carbocycles. The zero-order chi connectivity index (χ0) is 14.8. The van der Waals surface area contributed by atoms with Gasteiger partial charge < -0.3 is 15.7 Å². The summed E-state index contributed by atoms with van der Waals surface area (Å²) in [4.78, 5) is 14.5. The number of anilines is 1. The summed E-state index contributed by atoms with van der Waals surface area (Å²) in [5, 5.41) is 15.4. The number of carbonyl (C=O) groups excluding carboxylic acids is 1. The number of amides is 2. The first-order valence-electron chi connectivity index (χ1n) is 7.71. The number of aliphatic hydroxyl groups excluding tert-OH is 1. The molecule has 0 radical (unpaired) electrons. The lowest BCUT2D eigenvalue weighted by atomic mass is 10.1. The number of hydrogen-bond acceptors (Lipinski definition) is 3. The third kappa shape index (κ3) is 3.74. The fourth-order valence-corrected chi connectivity index (χ4v) is 2.91. The minimum Gasteiger partial charge on any atom is -0.389 e. The number of nitrogens with one attached hydrogen (secondary N) is 2. The predicted octanol–water partition coefficient (Wildman–Crippen LogP) is 2.10. The van der Waals surface area contributed by atoms with Gasteiger partial charge in [-0.25, -0.2) is 4.79 Å². The summed E-state index contributed by atoms with van der Waals surface area (Å²) in [5.74, 6) is 0. The Labute approximate surface area is 125 Å². The highest BCUT2D eigenvalue weighted by molar-refractivity contribution is 5.89. The molecule has 2 aliphatic rings. The zero-order valence-corrected chi connectivity index (χ0v) is 12.4. The van der Waals surface area contributed by atoms with E-state index in [1.165, 1.54) is 12.8 Å². The number of likely N-dealkylation sites (tertiary alicyclic amines) is 1. The van der Waals surface area contributed by atoms with Gasteiger partial charge in [-0.2, -0.15) is 0 Å². The van der Waals surface area contributed by atoms with Gasteiger partial charge >= 0.3 is 6.03 Å². The van der Waals surface area contributed by atoms with Crippen molar-refractivity contribution in [3.05, 3.63) is 29.8 Å². The van der Waals surface area contributed by atoms with Crippen LogP contribution in [-0.4, -0.2) is 41.2 Å². The van der Waals surface area contributed by atoms with E-state index in [0.717, 1.165) is 31.1 Å². The van der Waals surface area contributed by atoms with Crippen LogP contribution in [0, 0.1) is 0 Å². The maximum atomic E-state index is 12.0. The van der Waals surface area contributed by atoms with E-state index in [9.17, 15) is 9.90 Å². The van der Waals surface area contributed by atoms with Crippen molar-refractivity contribution >= 4 is 11.7 Å². The molecule has 0 aromatic heterocycles. The number of hydrogen-bond donors (Lipinski definition) is 3. The summed E-state index contributed by atoms with van der Waals surface area (Å²) in [5.41, 5.74) is 1.51. The molecule has 1 saturated heterocycles. The van der Waals surface area contributed by atoms with E-state index in [2.05, 4.69) is 15.5 Å². The average molecular weight is 289 g/mol. The molecule has 0 spiro atoms. The highest BCUT2D eigenvalue weighted by atomic mass is 16.3. The lowest BCUT2D eigenvalue weighted by Crippen LogP contribution is -2.40. The number of rotatable bonds is 4. The molecule has 1 heterocycles. The monoisotopic (exact) mass is 289 g/mol. The number of nitrogens with zero attached hydrogens (tertiary/aromatic N) is 1. The van der Waals surface area contributed by atoms with Crippen LogP contribution in [0.4, 0.5) is 10.5 Å². The van der Waals surface area contributed by atoms with Crippen LogP contribution < -0.4 is 10.6 Å². The highest BCUT2D eigenvalue weighted by Crippen LogP contribution is 2.29. The summed E-state index contributed by atoms with van der Waals surface area (Å²) < 4.78 is 0. The Morgan fingerprint density at radius 1 is 1.38 bits per heavy atom. The molecule has 114 valence electrons. The zero-order valence-electron chi connectivity index (χ0n) is 12.4. The lowest BCUT2D eigenvalue weighted by Gasteiger charge is -2.16. The molecule has 1 saturated carbocycles. The van der Waals surface area contributed by atoms with Gasteiger partial charge in [0.1, 0.15) is 0 Å². The molecular weight excluding hydrogens is 266 g/mol. The first-order valence-corrected chi connectivity index (χ1v) is 7.71. The number of urea groups is 1. The van der Waals surface area contributed by atoms with E-state index >= 15 is 0 Å². The third-order valence-electron chi connectivity index (χ3n) is 4.25. The molecule has 1 aliphatic heterocycles. The minimum atomic E-state index is -0.531. The van der Waals surface area contributed by atoms with Gasteiger partial charge in [-0.1, -0.05) is 12.1 Å². The lowest BCUT2D eigenvalue weighted by molar-refractivity contribution is 0.199. The first kappa shape index (κ1) is 14.4. The Morgan fingerprint density at radius 3 is 2.90 bits per heavy atom. The molecule has 1 aromatic carbocycles. The van der Waals surface area contributed by atoms with E-state index in [1.54, 1.807) is 13.0 Å². The first-order chi connectivity index (χ1) is 10.1. The van der Waals surface area contributed by atoms with Crippen molar-refractivity contribution < 1.29 is 9.90 Å². The van der Waals surface area contributed by atoms with Crippen LogP contribution in [-0.2, 0) is 0 Å². The Balaban J connectivity index is 1.51. The predicted molar refractivity (Wildman–Crippen MR) is 82.2 cm³/mol. The minimum absolute atomic E-state index is 0.166. The maximum absolute atomic E-state index is 12.0. The standard InChI is InChI=1S/C16H23N3O2/c1-11(20)12-3-2-4-13(9-12)17-16(21)18-14-7-8-19(10-14)15-5-6-15/h2-4,9,11,14-15,20H,5-8,10H2,1H3,(H2,17,18,21). The van der Waals surface area contributed by atoms with Crippen LogP contribution in [0.15, 0.2) is 24.3 Å². The largest absolute Gasteiger partial charge is 0.389 e. The van der Waals surface area contributed by atoms with Crippen molar-refractivity contribution in [1.82, 2.24) is 10.2 Å². The number of carbonyl (C=O) groups is 1. The maximum Gasteiger partial charge on any atom is 0.319 e. The molecule has 2 fully saturated rings. The molecule has 2 unspecified atom stereocenters. The summed E-state index contributed by atoms with van der Waals surface area (Å²) in [6.07, 6.45) is 3.12. The van der Waals surface area contributed by atoms with E-state index in [1.807, 2.05) is 18.2 Å². The average Bonchev–Trinajstić information content (AvgIpc) is 3.20. The summed E-state index contributed by atoms with van der Waals surface area (Å²) in [6, 6.07) is 8.15. The van der Waals surface area contributed by atoms with Crippen molar-refractivity contribution in [3.8, 4) is 0 Å². The van der Waals surface area contributed by atoms with Crippen molar-refractivity contribution in [2.24, 2.45) is 0 Å². The van der Waals surface area contributed by atoms with Gasteiger partial charge in [0.2, 0.25) is 0 Å². The van der Waals surface area contributed by atoms with Crippen LogP contribution in [0.5, 0.6) is 0 Å². The molecule has 21 heavy (non-hydrogen) atoms. The Bertz CT molecular complexity index is 514. The van der Waals surface area contributed by atoms with Gasteiger partial charge in [0.15, 0.2) is 0 Å². The molecule has 3 rings (SSSR count). The van der Waals surface area contributed by atoms with Gasteiger partial charge in [0.05, 0.1) is 6.10 Å². The highest BCUT2D eigenvalue weighted by Gasteiger charge is 2.34. The smallest absolute Gasteiger partial charge is 0.319 e. The Hall–Kier alpha value is -1.59. The molecule has 0 bridgehead atoms. The molecular formula is C16H23N3O2. The van der Waals surface area contributed by atoms with Gasteiger partial charge in [-0.15, -0.1) is 0 Å². The fraction of sp³-hybridized carbons (Fsp3) is 0.562. The molecule has 5 nitrogen and oxygen atoms in total. The van der Waals surface area contributed by atoms with Gasteiger partial charge in [-0.05, 0) is 43.9 Å². The van der Waals surface area contributed by atoms with Crippen molar-refractivity contribution in [1.29, 1.82) is 0 Å². The normalized spacial score (nSPS) is 23.8. The molecule has 5 heteroatoms. The third-order valence-corrected chi connectivity index (χ3v) is 4.25. The molecule has 1 aromatic rings. The van der Waals surface area contributed by atoms with Crippen molar-refractivity contribution in [2.45, 2.75) is 44.4 Å². The Kier molecular flexibility index (Phi) is 4.12. The van der Waals surface area contributed by atoms with Crippen molar-refractivity contribution in [3.63, 3.8) is 0 Å². The van der Waals surface area contributed by atoms with Crippen LogP contribution in [0.25, 0.3) is 0 Å². The van der Waals surface area contributed by atoms with Crippen LogP contribution >= 0.6 is 0 Å². The van der Waals surface area contributed by atoms with Crippen LogP contribution in [0.3, 0.4) is 0 Å². The van der Waals surface area contributed by atoms with Gasteiger partial charge in [0, 0.05) is 30.9 Å². The Morgan fingerprint density at radius 2 is 2.19 bits per heavy atom. The van der Waals surface area contributed by atoms with E-state index < -0.39 is 6.10 Å².